The van der Waals surface area contributed by atoms with Crippen molar-refractivity contribution in [2.24, 2.45) is 0 Å². The van der Waals surface area contributed by atoms with Gasteiger partial charge in [-0.15, -0.1) is 0 Å². The molecule has 1 heterocycles. The van der Waals surface area contributed by atoms with Gasteiger partial charge < -0.3 is 14.6 Å². The van der Waals surface area contributed by atoms with E-state index in [-0.39, 0.29) is 17.9 Å². The first kappa shape index (κ1) is 16.5. The zero-order chi connectivity index (χ0) is 17.3. The number of fused-ring (bicyclic) bond motifs is 1. The predicted molar refractivity (Wildman–Crippen MR) is 84.7 cm³/mol. The fourth-order valence-electron chi connectivity index (χ4n) is 2.84. The first-order valence-corrected chi connectivity index (χ1v) is 8.81. The maximum absolute atomic E-state index is 12.9. The molecule has 1 atom stereocenters. The second kappa shape index (κ2) is 6.26. The minimum atomic E-state index is -3.97. The average Bonchev–Trinajstić information content (AvgIpc) is 2.60. The van der Waals surface area contributed by atoms with Crippen LogP contribution >= 0.6 is 0 Å². The third-order valence-electron chi connectivity index (χ3n) is 4.14. The summed E-state index contributed by atoms with van der Waals surface area (Å²) in [4.78, 5) is 11.5. The summed E-state index contributed by atoms with van der Waals surface area (Å²) in [5.41, 5.74) is 1.62. The molecule has 7 heteroatoms. The smallest absolute Gasteiger partial charge is 0.243 e. The number of nitrogens with zero attached hydrogens (tertiary/aromatic N) is 1. The van der Waals surface area contributed by atoms with E-state index < -0.39 is 22.0 Å². The molecule has 0 spiro atoms. The van der Waals surface area contributed by atoms with Crippen molar-refractivity contribution in [1.82, 2.24) is 4.31 Å². The van der Waals surface area contributed by atoms with Crippen molar-refractivity contribution in [3.63, 3.8) is 0 Å². The predicted octanol–water partition coefficient (Wildman–Crippen LogP) is 0.561. The van der Waals surface area contributed by atoms with Gasteiger partial charge in [0, 0.05) is 6.54 Å². The van der Waals surface area contributed by atoms with Gasteiger partial charge in [-0.05, 0) is 41.8 Å². The number of benzene rings is 2. The molecule has 24 heavy (non-hydrogen) atoms. The Hall–Kier alpha value is -2.38. The molecule has 1 aliphatic rings. The number of hydrogen-bond acceptors (Lipinski definition) is 5. The highest BCUT2D eigenvalue weighted by atomic mass is 32.2. The lowest BCUT2D eigenvalue weighted by Crippen LogP contribution is -2.53. The number of carboxylic acids is 1. The zero-order valence-electron chi connectivity index (χ0n) is 13.0. The zero-order valence-corrected chi connectivity index (χ0v) is 13.8. The summed E-state index contributed by atoms with van der Waals surface area (Å²) >= 11 is 0. The molecule has 3 rings (SSSR count). The second-order valence-electron chi connectivity index (χ2n) is 5.53. The Bertz CT molecular complexity index is 861. The standard InChI is InChI=1S/C17H17NO5S/c1-23-14-6-8-15(9-7-14)24(21,22)18-11-13-5-3-2-4-12(13)10-16(18)17(19)20/h2-9,16H,10-11H2,1H3,(H,19,20)/p-1/t16-/m0/s1. The van der Waals surface area contributed by atoms with E-state index in [0.717, 1.165) is 15.4 Å². The number of sulfonamides is 1. The maximum atomic E-state index is 12.9. The number of aliphatic carboxylic acids is 1. The SMILES string of the molecule is COc1ccc(S(=O)(=O)N2Cc3ccccc3C[C@H]2C(=O)[O-])cc1. The van der Waals surface area contributed by atoms with E-state index in [0.29, 0.717) is 5.75 Å². The number of ether oxygens (including phenoxy) is 1. The van der Waals surface area contributed by atoms with E-state index in [4.69, 9.17) is 4.74 Å². The maximum Gasteiger partial charge on any atom is 0.243 e. The van der Waals surface area contributed by atoms with Crippen molar-refractivity contribution in [2.45, 2.75) is 23.9 Å². The van der Waals surface area contributed by atoms with E-state index in [1.807, 2.05) is 6.07 Å². The van der Waals surface area contributed by atoms with Gasteiger partial charge in [-0.1, -0.05) is 24.3 Å². The van der Waals surface area contributed by atoms with E-state index in [1.54, 1.807) is 18.2 Å². The molecular formula is C17H16NO5S-. The highest BCUT2D eigenvalue weighted by Crippen LogP contribution is 2.29. The minimum Gasteiger partial charge on any atom is -0.548 e. The normalized spacial score (nSPS) is 18.0. The third kappa shape index (κ3) is 2.88. The first-order valence-electron chi connectivity index (χ1n) is 7.37. The number of carboxylic acid groups (broad SMARTS) is 1. The Morgan fingerprint density at radius 3 is 2.33 bits per heavy atom. The number of rotatable bonds is 4. The van der Waals surface area contributed by atoms with Crippen LogP contribution in [0.2, 0.25) is 0 Å². The van der Waals surface area contributed by atoms with E-state index in [1.165, 1.54) is 31.4 Å². The van der Waals surface area contributed by atoms with Crippen molar-refractivity contribution in [3.05, 3.63) is 59.7 Å². The van der Waals surface area contributed by atoms with Gasteiger partial charge in [0.05, 0.1) is 24.0 Å². The number of carbonyl (C=O) groups is 1. The Balaban J connectivity index is 2.02. The van der Waals surface area contributed by atoms with Gasteiger partial charge in [0.15, 0.2) is 0 Å². The molecule has 6 nitrogen and oxygen atoms in total. The number of methoxy groups -OCH3 is 1. The van der Waals surface area contributed by atoms with Gasteiger partial charge in [0.25, 0.3) is 0 Å². The fourth-order valence-corrected chi connectivity index (χ4v) is 4.39. The van der Waals surface area contributed by atoms with Crippen molar-refractivity contribution in [2.75, 3.05) is 7.11 Å². The van der Waals surface area contributed by atoms with Crippen LogP contribution in [0.15, 0.2) is 53.4 Å². The molecule has 0 fully saturated rings. The van der Waals surface area contributed by atoms with Gasteiger partial charge in [0.1, 0.15) is 5.75 Å². The van der Waals surface area contributed by atoms with Crippen molar-refractivity contribution >= 4 is 16.0 Å². The number of hydrogen-bond donors (Lipinski definition) is 0. The molecule has 0 bridgehead atoms. The van der Waals surface area contributed by atoms with Crippen LogP contribution in [0.5, 0.6) is 5.75 Å². The summed E-state index contributed by atoms with van der Waals surface area (Å²) in [6, 6.07) is 11.8. The molecule has 2 aromatic rings. The molecule has 0 aliphatic carbocycles. The van der Waals surface area contributed by atoms with E-state index in [2.05, 4.69) is 0 Å². The topological polar surface area (TPSA) is 86.7 Å². The summed E-state index contributed by atoms with van der Waals surface area (Å²) in [5, 5.41) is 11.5. The fraction of sp³-hybridized carbons (Fsp3) is 0.235. The molecule has 0 saturated heterocycles. The molecular weight excluding hydrogens is 330 g/mol. The third-order valence-corrected chi connectivity index (χ3v) is 6.01. The van der Waals surface area contributed by atoms with E-state index >= 15 is 0 Å². The first-order chi connectivity index (χ1) is 11.4. The summed E-state index contributed by atoms with van der Waals surface area (Å²) in [7, 11) is -2.48. The van der Waals surface area contributed by atoms with Crippen LogP contribution in [0.25, 0.3) is 0 Å². The van der Waals surface area contributed by atoms with Crippen LogP contribution in [0.3, 0.4) is 0 Å². The molecule has 126 valence electrons. The highest BCUT2D eigenvalue weighted by molar-refractivity contribution is 7.89. The van der Waals surface area contributed by atoms with Crippen LogP contribution in [0, 0.1) is 0 Å². The van der Waals surface area contributed by atoms with Crippen LogP contribution in [-0.2, 0) is 27.8 Å². The molecule has 0 amide bonds. The van der Waals surface area contributed by atoms with Crippen molar-refractivity contribution < 1.29 is 23.1 Å². The molecule has 0 N–H and O–H groups in total. The van der Waals surface area contributed by atoms with Gasteiger partial charge in [-0.3, -0.25) is 0 Å². The summed E-state index contributed by atoms with van der Waals surface area (Å²) in [6.45, 7) is 0.00316. The Labute approximate surface area is 140 Å². The highest BCUT2D eigenvalue weighted by Gasteiger charge is 2.36. The van der Waals surface area contributed by atoms with Gasteiger partial charge >= 0.3 is 0 Å². The van der Waals surface area contributed by atoms with E-state index in [9.17, 15) is 18.3 Å². The quantitative estimate of drug-likeness (QED) is 0.807. The lowest BCUT2D eigenvalue weighted by molar-refractivity contribution is -0.310. The Kier molecular flexibility index (Phi) is 4.29. The van der Waals surface area contributed by atoms with Crippen LogP contribution in [0.1, 0.15) is 11.1 Å². The molecule has 0 radical (unpaired) electrons. The van der Waals surface area contributed by atoms with Crippen LogP contribution < -0.4 is 9.84 Å². The summed E-state index contributed by atoms with van der Waals surface area (Å²) in [5.74, 6) is -0.879. The Morgan fingerprint density at radius 2 is 1.75 bits per heavy atom. The number of carbonyl (C=O) groups excluding carboxylic acids is 1. The monoisotopic (exact) mass is 346 g/mol. The second-order valence-corrected chi connectivity index (χ2v) is 7.42. The molecule has 0 aromatic heterocycles. The largest absolute Gasteiger partial charge is 0.548 e. The van der Waals surface area contributed by atoms with Gasteiger partial charge in [-0.25, -0.2) is 8.42 Å². The lowest BCUT2D eigenvalue weighted by Gasteiger charge is -2.36. The summed E-state index contributed by atoms with van der Waals surface area (Å²) in [6.07, 6.45) is 0.0912. The molecule has 0 saturated carbocycles. The average molecular weight is 346 g/mol. The molecule has 1 aliphatic heterocycles. The minimum absolute atomic E-state index is 0.00316. The van der Waals surface area contributed by atoms with Gasteiger partial charge in [-0.2, -0.15) is 4.31 Å². The Morgan fingerprint density at radius 1 is 1.12 bits per heavy atom. The van der Waals surface area contributed by atoms with Crippen LogP contribution in [-0.4, -0.2) is 31.8 Å². The van der Waals surface area contributed by atoms with Crippen molar-refractivity contribution in [1.29, 1.82) is 0 Å². The summed E-state index contributed by atoms with van der Waals surface area (Å²) < 4.78 is 31.8. The molecule has 0 unspecified atom stereocenters. The van der Waals surface area contributed by atoms with Crippen molar-refractivity contribution in [3.8, 4) is 5.75 Å². The van der Waals surface area contributed by atoms with Crippen LogP contribution in [0.4, 0.5) is 0 Å². The van der Waals surface area contributed by atoms with Gasteiger partial charge in [0.2, 0.25) is 10.0 Å². The lowest BCUT2D eigenvalue weighted by atomic mass is 9.96. The molecule has 2 aromatic carbocycles.